The van der Waals surface area contributed by atoms with Crippen LogP contribution in [0.2, 0.25) is 0 Å². The van der Waals surface area contributed by atoms with E-state index in [4.69, 9.17) is 13.6 Å². The Bertz CT molecular complexity index is 407. The molecule has 0 spiro atoms. The Morgan fingerprint density at radius 3 is 2.44 bits per heavy atom. The van der Waals surface area contributed by atoms with Crippen LogP contribution in [0.4, 0.5) is 0 Å². The van der Waals surface area contributed by atoms with Crippen LogP contribution in [0.15, 0.2) is 24.8 Å². The maximum absolute atomic E-state index is 11.7. The standard InChI is InChI=1S/C10H18O6P2/c1-4-10(7-14-17(11,12)5-2)8-15-18(13,6-3)16-9-10/h5-6H,2-4,7-9H2,1H3,(H,11,12). The number of rotatable bonds is 6. The van der Waals surface area contributed by atoms with Gasteiger partial charge in [0.25, 0.3) is 0 Å². The van der Waals surface area contributed by atoms with E-state index in [2.05, 4.69) is 13.2 Å². The zero-order chi connectivity index (χ0) is 13.9. The number of hydrogen-bond acceptors (Lipinski definition) is 5. The Labute approximate surface area is 107 Å². The van der Waals surface area contributed by atoms with Crippen molar-refractivity contribution in [3.63, 3.8) is 0 Å². The lowest BCUT2D eigenvalue weighted by Crippen LogP contribution is -2.38. The van der Waals surface area contributed by atoms with Crippen LogP contribution in [0, 0.1) is 5.41 Å². The lowest BCUT2D eigenvalue weighted by Gasteiger charge is -2.37. The van der Waals surface area contributed by atoms with E-state index in [0.29, 0.717) is 6.42 Å². The third kappa shape index (κ3) is 3.89. The van der Waals surface area contributed by atoms with Crippen LogP contribution in [0.1, 0.15) is 13.3 Å². The smallest absolute Gasteiger partial charge is 0.321 e. The maximum Gasteiger partial charge on any atom is 0.353 e. The quantitative estimate of drug-likeness (QED) is 0.758. The minimum absolute atomic E-state index is 0.0273. The highest BCUT2D eigenvalue weighted by molar-refractivity contribution is 7.57. The Balaban J connectivity index is 2.67. The van der Waals surface area contributed by atoms with E-state index in [1.54, 1.807) is 0 Å². The Morgan fingerprint density at radius 2 is 2.06 bits per heavy atom. The molecule has 6 nitrogen and oxygen atoms in total. The van der Waals surface area contributed by atoms with Gasteiger partial charge in [0.15, 0.2) is 0 Å². The van der Waals surface area contributed by atoms with Crippen LogP contribution in [-0.4, -0.2) is 24.7 Å². The molecular formula is C10H18O6P2. The van der Waals surface area contributed by atoms with Crippen LogP contribution < -0.4 is 0 Å². The van der Waals surface area contributed by atoms with Crippen LogP contribution in [-0.2, 0) is 22.7 Å². The van der Waals surface area contributed by atoms with Crippen LogP contribution in [0.5, 0.6) is 0 Å². The van der Waals surface area contributed by atoms with Gasteiger partial charge in [-0.1, -0.05) is 20.1 Å². The lowest BCUT2D eigenvalue weighted by atomic mass is 9.88. The van der Waals surface area contributed by atoms with Crippen molar-refractivity contribution >= 4 is 15.2 Å². The molecule has 1 N–H and O–H groups in total. The topological polar surface area (TPSA) is 82.1 Å². The molecule has 0 aromatic heterocycles. The van der Waals surface area contributed by atoms with Gasteiger partial charge in [0.05, 0.1) is 19.8 Å². The predicted octanol–water partition coefficient (Wildman–Crippen LogP) is 3.11. The zero-order valence-electron chi connectivity index (χ0n) is 10.3. The highest BCUT2D eigenvalue weighted by atomic mass is 31.2. The second-order valence-electron chi connectivity index (χ2n) is 4.14. The lowest BCUT2D eigenvalue weighted by molar-refractivity contribution is -0.0146. The molecule has 0 bridgehead atoms. The molecule has 1 rings (SSSR count). The summed E-state index contributed by atoms with van der Waals surface area (Å²) in [5.41, 5.74) is -0.585. The summed E-state index contributed by atoms with van der Waals surface area (Å²) >= 11 is 0. The van der Waals surface area contributed by atoms with E-state index in [1.165, 1.54) is 0 Å². The van der Waals surface area contributed by atoms with Crippen molar-refractivity contribution in [3.8, 4) is 0 Å². The fourth-order valence-electron chi connectivity index (χ4n) is 1.31. The SMILES string of the molecule is C=CP(=O)(O)OCC1(CC)COP(=O)(C=C)OC1. The van der Waals surface area contributed by atoms with Gasteiger partial charge in [0, 0.05) is 17.0 Å². The molecule has 1 atom stereocenters. The minimum atomic E-state index is -3.77. The molecule has 1 aliphatic heterocycles. The fourth-order valence-corrected chi connectivity index (χ4v) is 3.07. The monoisotopic (exact) mass is 296 g/mol. The molecule has 1 unspecified atom stereocenters. The molecule has 1 saturated heterocycles. The summed E-state index contributed by atoms with van der Waals surface area (Å²) in [6, 6.07) is 0. The van der Waals surface area contributed by atoms with Crippen molar-refractivity contribution < 1.29 is 27.6 Å². The second kappa shape index (κ2) is 5.83. The van der Waals surface area contributed by atoms with Crippen LogP contribution >= 0.6 is 15.2 Å². The Kier molecular flexibility index (Phi) is 5.13. The summed E-state index contributed by atoms with van der Waals surface area (Å²) in [6.45, 7) is 8.71. The summed E-state index contributed by atoms with van der Waals surface area (Å²) in [5, 5.41) is 0. The van der Waals surface area contributed by atoms with Crippen molar-refractivity contribution in [2.24, 2.45) is 5.41 Å². The van der Waals surface area contributed by atoms with E-state index in [9.17, 15) is 14.0 Å². The summed E-state index contributed by atoms with van der Waals surface area (Å²) in [7, 11) is -6.97. The summed E-state index contributed by atoms with van der Waals surface area (Å²) in [5.74, 6) is 2.02. The molecule has 0 aliphatic carbocycles. The first-order chi connectivity index (χ1) is 8.30. The third-order valence-electron chi connectivity index (χ3n) is 2.86. The molecule has 18 heavy (non-hydrogen) atoms. The molecule has 1 heterocycles. The summed E-state index contributed by atoms with van der Waals surface area (Å²) < 4.78 is 38.3. The molecule has 0 amide bonds. The van der Waals surface area contributed by atoms with Gasteiger partial charge in [-0.15, -0.1) is 0 Å². The van der Waals surface area contributed by atoms with Crippen molar-refractivity contribution in [3.05, 3.63) is 24.8 Å². The van der Waals surface area contributed by atoms with Crippen molar-refractivity contribution in [2.75, 3.05) is 19.8 Å². The number of hydrogen-bond donors (Lipinski definition) is 1. The zero-order valence-corrected chi connectivity index (χ0v) is 12.1. The third-order valence-corrected chi connectivity index (χ3v) is 5.25. The largest absolute Gasteiger partial charge is 0.353 e. The first-order valence-electron chi connectivity index (χ1n) is 5.43. The van der Waals surface area contributed by atoms with Gasteiger partial charge in [-0.3, -0.25) is 9.13 Å². The molecule has 0 aromatic carbocycles. The van der Waals surface area contributed by atoms with Crippen LogP contribution in [0.25, 0.3) is 0 Å². The highest BCUT2D eigenvalue weighted by Crippen LogP contribution is 2.56. The van der Waals surface area contributed by atoms with E-state index in [0.717, 1.165) is 11.6 Å². The minimum Gasteiger partial charge on any atom is -0.321 e. The molecule has 8 heteroatoms. The molecule has 0 radical (unpaired) electrons. The molecule has 0 aromatic rings. The van der Waals surface area contributed by atoms with Gasteiger partial charge in [-0.25, -0.2) is 0 Å². The van der Waals surface area contributed by atoms with E-state index < -0.39 is 20.6 Å². The fraction of sp³-hybridized carbons (Fsp3) is 0.600. The first kappa shape index (κ1) is 15.8. The van der Waals surface area contributed by atoms with Gasteiger partial charge in [-0.2, -0.15) is 0 Å². The maximum atomic E-state index is 11.7. The van der Waals surface area contributed by atoms with Gasteiger partial charge >= 0.3 is 15.2 Å². The highest BCUT2D eigenvalue weighted by Gasteiger charge is 2.41. The average molecular weight is 296 g/mol. The van der Waals surface area contributed by atoms with Crippen molar-refractivity contribution in [1.82, 2.24) is 0 Å². The Morgan fingerprint density at radius 1 is 1.50 bits per heavy atom. The molecule has 0 saturated carbocycles. The van der Waals surface area contributed by atoms with E-state index >= 15 is 0 Å². The molecule has 104 valence electrons. The molecule has 1 aliphatic rings. The van der Waals surface area contributed by atoms with Crippen LogP contribution in [0.3, 0.4) is 0 Å². The van der Waals surface area contributed by atoms with Crippen molar-refractivity contribution in [1.29, 1.82) is 0 Å². The summed E-state index contributed by atoms with van der Waals surface area (Å²) in [4.78, 5) is 9.28. The average Bonchev–Trinajstić information content (AvgIpc) is 2.39. The summed E-state index contributed by atoms with van der Waals surface area (Å²) in [6.07, 6.45) is 0.598. The second-order valence-corrected chi connectivity index (χ2v) is 7.86. The van der Waals surface area contributed by atoms with Gasteiger partial charge in [0.2, 0.25) is 0 Å². The van der Waals surface area contributed by atoms with E-state index in [-0.39, 0.29) is 19.8 Å². The Hall–Kier alpha value is -0.220. The molecular weight excluding hydrogens is 278 g/mol. The molecule has 1 fully saturated rings. The normalized spacial score (nSPS) is 35.7. The predicted molar refractivity (Wildman–Crippen MR) is 68.4 cm³/mol. The van der Waals surface area contributed by atoms with Crippen molar-refractivity contribution in [2.45, 2.75) is 13.3 Å². The van der Waals surface area contributed by atoms with E-state index in [1.807, 2.05) is 6.92 Å². The van der Waals surface area contributed by atoms with Gasteiger partial charge < -0.3 is 18.5 Å². The first-order valence-corrected chi connectivity index (χ1v) is 8.69. The van der Waals surface area contributed by atoms with Gasteiger partial charge in [-0.05, 0) is 6.42 Å². The van der Waals surface area contributed by atoms with Gasteiger partial charge in [0.1, 0.15) is 0 Å².